The Morgan fingerprint density at radius 2 is 1.72 bits per heavy atom. The number of pyridine rings is 1. The zero-order valence-corrected chi connectivity index (χ0v) is 21.8. The number of aryl methyl sites for hydroxylation is 1. The number of piperidine rings is 2. The highest BCUT2D eigenvalue weighted by Gasteiger charge is 2.23. The van der Waals surface area contributed by atoms with Crippen molar-refractivity contribution in [1.29, 1.82) is 0 Å². The van der Waals surface area contributed by atoms with Crippen LogP contribution in [0.2, 0.25) is 5.02 Å². The number of amides is 1. The highest BCUT2D eigenvalue weighted by Crippen LogP contribution is 2.31. The van der Waals surface area contributed by atoms with Gasteiger partial charge in [-0.2, -0.15) is 0 Å². The Hall–Kier alpha value is -2.89. The van der Waals surface area contributed by atoms with Gasteiger partial charge in [0.1, 0.15) is 5.82 Å². The number of hydrogen-bond donors (Lipinski definition) is 1. The monoisotopic (exact) mass is 502 g/mol. The topological polar surface area (TPSA) is 48.5 Å². The van der Waals surface area contributed by atoms with Crippen LogP contribution in [0.3, 0.4) is 0 Å². The molecule has 1 amide bonds. The van der Waals surface area contributed by atoms with Crippen molar-refractivity contribution in [3.05, 3.63) is 82.5 Å². The third-order valence-electron chi connectivity index (χ3n) is 7.42. The normalized spacial score (nSPS) is 17.2. The summed E-state index contributed by atoms with van der Waals surface area (Å²) in [6.07, 6.45) is 7.75. The molecule has 5 rings (SSSR count). The molecule has 0 atom stereocenters. The van der Waals surface area contributed by atoms with E-state index in [9.17, 15) is 4.79 Å². The van der Waals surface area contributed by atoms with Gasteiger partial charge in [-0.05, 0) is 62.3 Å². The predicted octanol–water partition coefficient (Wildman–Crippen LogP) is 6.10. The average molecular weight is 503 g/mol. The van der Waals surface area contributed by atoms with E-state index in [0.29, 0.717) is 10.6 Å². The lowest BCUT2D eigenvalue weighted by Gasteiger charge is -2.32. The Morgan fingerprint density at radius 3 is 2.42 bits per heavy atom. The summed E-state index contributed by atoms with van der Waals surface area (Å²) >= 11 is 6.69. The molecule has 2 aliphatic heterocycles. The second-order valence-electron chi connectivity index (χ2n) is 10.1. The summed E-state index contributed by atoms with van der Waals surface area (Å²) in [7, 11) is 0. The zero-order chi connectivity index (χ0) is 24.9. The highest BCUT2D eigenvalue weighted by molar-refractivity contribution is 6.36. The molecule has 1 N–H and O–H groups in total. The number of carbonyl (C=O) groups is 1. The van der Waals surface area contributed by atoms with Gasteiger partial charge >= 0.3 is 0 Å². The van der Waals surface area contributed by atoms with Gasteiger partial charge in [0.25, 0.3) is 5.91 Å². The van der Waals surface area contributed by atoms with E-state index in [1.807, 2.05) is 36.5 Å². The summed E-state index contributed by atoms with van der Waals surface area (Å²) in [5.74, 6) is 1.01. The van der Waals surface area contributed by atoms with E-state index in [0.717, 1.165) is 62.5 Å². The molecule has 2 aliphatic rings. The molecule has 0 unspecified atom stereocenters. The summed E-state index contributed by atoms with van der Waals surface area (Å²) in [6, 6.07) is 18.4. The van der Waals surface area contributed by atoms with Gasteiger partial charge in [-0.25, -0.2) is 4.98 Å². The van der Waals surface area contributed by atoms with Gasteiger partial charge < -0.3 is 10.2 Å². The molecule has 3 heterocycles. The Balaban J connectivity index is 1.14. The number of carbonyl (C=O) groups excluding carboxylic acids is 1. The van der Waals surface area contributed by atoms with Crippen LogP contribution in [-0.4, -0.2) is 48.0 Å². The molecule has 2 fully saturated rings. The molecule has 5 nitrogen and oxygen atoms in total. The highest BCUT2D eigenvalue weighted by atomic mass is 35.5. The largest absolute Gasteiger partial charge is 0.357 e. The van der Waals surface area contributed by atoms with E-state index >= 15 is 0 Å². The minimum atomic E-state index is -0.0927. The van der Waals surface area contributed by atoms with Crippen LogP contribution in [0.25, 0.3) is 11.1 Å². The summed E-state index contributed by atoms with van der Waals surface area (Å²) in [5, 5.41) is 3.74. The van der Waals surface area contributed by atoms with Gasteiger partial charge in [-0.1, -0.05) is 59.6 Å². The maximum Gasteiger partial charge on any atom is 0.253 e. The summed E-state index contributed by atoms with van der Waals surface area (Å²) < 4.78 is 0. The molecule has 0 spiro atoms. The van der Waals surface area contributed by atoms with E-state index in [-0.39, 0.29) is 11.9 Å². The van der Waals surface area contributed by atoms with E-state index in [1.54, 1.807) is 0 Å². The minimum absolute atomic E-state index is 0.0927. The number of nitrogens with one attached hydrogen (secondary N) is 1. The molecular formula is C30H35ClN4O. The molecule has 188 valence electrons. The molecule has 0 bridgehead atoms. The van der Waals surface area contributed by atoms with Crippen molar-refractivity contribution < 1.29 is 4.79 Å². The number of nitrogens with zero attached hydrogens (tertiary/aromatic N) is 3. The van der Waals surface area contributed by atoms with Crippen LogP contribution in [0, 0.1) is 6.92 Å². The number of anilines is 1. The van der Waals surface area contributed by atoms with Crippen molar-refractivity contribution in [2.75, 3.05) is 31.1 Å². The first kappa shape index (κ1) is 24.8. The average Bonchev–Trinajstić information content (AvgIpc) is 2.91. The SMILES string of the molecule is Cc1ccc(-c2cccc(C(=O)NC3CCN(Cc4ccc(N5CCCCC5)nc4)CC3)c2Cl)cc1. The molecule has 0 aliphatic carbocycles. The van der Waals surface area contributed by atoms with Crippen LogP contribution in [0.1, 0.15) is 53.6 Å². The third-order valence-corrected chi connectivity index (χ3v) is 7.83. The standard InChI is InChI=1S/C30H35ClN4O/c1-22-8-11-24(12-9-22)26-6-5-7-27(29(26)31)30(36)33-25-14-18-34(19-15-25)21-23-10-13-28(32-20-23)35-16-3-2-4-17-35/h5-13,20,25H,2-4,14-19,21H2,1H3,(H,33,36). The summed E-state index contributed by atoms with van der Waals surface area (Å²) in [5.41, 5.74) is 4.89. The van der Waals surface area contributed by atoms with Crippen molar-refractivity contribution in [3.63, 3.8) is 0 Å². The van der Waals surface area contributed by atoms with Gasteiger partial charge in [0.15, 0.2) is 0 Å². The van der Waals surface area contributed by atoms with Gasteiger partial charge in [0.2, 0.25) is 0 Å². The second-order valence-corrected chi connectivity index (χ2v) is 10.5. The zero-order valence-electron chi connectivity index (χ0n) is 21.0. The third kappa shape index (κ3) is 5.91. The fourth-order valence-electron chi connectivity index (χ4n) is 5.24. The molecule has 0 radical (unpaired) electrons. The maximum atomic E-state index is 13.1. The second kappa shape index (κ2) is 11.4. The Kier molecular flexibility index (Phi) is 7.88. The lowest BCUT2D eigenvalue weighted by molar-refractivity contribution is 0.0909. The van der Waals surface area contributed by atoms with Crippen LogP contribution in [0.5, 0.6) is 0 Å². The first-order valence-corrected chi connectivity index (χ1v) is 13.5. The van der Waals surface area contributed by atoms with Crippen molar-refractivity contribution >= 4 is 23.3 Å². The van der Waals surface area contributed by atoms with Crippen LogP contribution in [0.4, 0.5) is 5.82 Å². The van der Waals surface area contributed by atoms with E-state index < -0.39 is 0 Å². The minimum Gasteiger partial charge on any atom is -0.357 e. The Labute approximate surface area is 219 Å². The summed E-state index contributed by atoms with van der Waals surface area (Å²) in [4.78, 5) is 22.7. The first-order chi connectivity index (χ1) is 17.6. The summed E-state index contributed by atoms with van der Waals surface area (Å²) in [6.45, 7) is 7.11. The van der Waals surface area contributed by atoms with E-state index in [4.69, 9.17) is 16.6 Å². The van der Waals surface area contributed by atoms with Crippen molar-refractivity contribution in [2.45, 2.75) is 51.6 Å². The van der Waals surface area contributed by atoms with Crippen molar-refractivity contribution in [3.8, 4) is 11.1 Å². The predicted molar refractivity (Wildman–Crippen MR) is 148 cm³/mol. The number of benzene rings is 2. The molecule has 6 heteroatoms. The van der Waals surface area contributed by atoms with Crippen molar-refractivity contribution in [2.24, 2.45) is 0 Å². The van der Waals surface area contributed by atoms with Crippen LogP contribution in [-0.2, 0) is 6.54 Å². The Morgan fingerprint density at radius 1 is 0.972 bits per heavy atom. The van der Waals surface area contributed by atoms with Gasteiger partial charge in [0.05, 0.1) is 10.6 Å². The maximum absolute atomic E-state index is 13.1. The molecule has 1 aromatic heterocycles. The van der Waals surface area contributed by atoms with Gasteiger partial charge in [-0.15, -0.1) is 0 Å². The number of aromatic nitrogens is 1. The number of likely N-dealkylation sites (tertiary alicyclic amines) is 1. The molecule has 2 aromatic carbocycles. The molecule has 36 heavy (non-hydrogen) atoms. The molecule has 3 aromatic rings. The quantitative estimate of drug-likeness (QED) is 0.442. The fraction of sp³-hybridized carbons (Fsp3) is 0.400. The number of hydrogen-bond acceptors (Lipinski definition) is 4. The van der Waals surface area contributed by atoms with Crippen LogP contribution >= 0.6 is 11.6 Å². The van der Waals surface area contributed by atoms with Crippen LogP contribution < -0.4 is 10.2 Å². The smallest absolute Gasteiger partial charge is 0.253 e. The van der Waals surface area contributed by atoms with Crippen LogP contribution in [0.15, 0.2) is 60.8 Å². The lowest BCUT2D eigenvalue weighted by atomic mass is 10.0. The van der Waals surface area contributed by atoms with Gasteiger partial charge in [-0.3, -0.25) is 9.69 Å². The lowest BCUT2D eigenvalue weighted by Crippen LogP contribution is -2.44. The van der Waals surface area contributed by atoms with E-state index in [1.165, 1.54) is 30.4 Å². The molecular weight excluding hydrogens is 468 g/mol. The van der Waals surface area contributed by atoms with Gasteiger partial charge in [0, 0.05) is 50.5 Å². The van der Waals surface area contributed by atoms with E-state index in [2.05, 4.69) is 46.3 Å². The fourth-order valence-corrected chi connectivity index (χ4v) is 5.56. The van der Waals surface area contributed by atoms with Crippen molar-refractivity contribution in [1.82, 2.24) is 15.2 Å². The number of halogens is 1. The first-order valence-electron chi connectivity index (χ1n) is 13.2. The Bertz CT molecular complexity index is 1160. The molecule has 2 saturated heterocycles. The number of rotatable bonds is 6. The molecule has 0 saturated carbocycles.